The molecule has 0 saturated carbocycles. The highest BCUT2D eigenvalue weighted by Gasteiger charge is 1.87. The average Bonchev–Trinajstić information content (AvgIpc) is 1.89. The van der Waals surface area contributed by atoms with Gasteiger partial charge in [-0.3, -0.25) is 0 Å². The molecular formula is C8H20Br2Si. The van der Waals surface area contributed by atoms with Gasteiger partial charge in [-0.1, -0.05) is 51.6 Å². The molecule has 0 aliphatic heterocycles. The van der Waals surface area contributed by atoms with Gasteiger partial charge in [0.15, 0.2) is 0 Å². The van der Waals surface area contributed by atoms with Gasteiger partial charge in [0.05, 0.1) is 0 Å². The zero-order valence-electron chi connectivity index (χ0n) is 7.56. The first-order chi connectivity index (χ1) is 4.41. The quantitative estimate of drug-likeness (QED) is 0.507. The molecule has 2 radical (unpaired) electrons. The first-order valence-electron chi connectivity index (χ1n) is 4.12. The Morgan fingerprint density at radius 1 is 0.818 bits per heavy atom. The van der Waals surface area contributed by atoms with Gasteiger partial charge in [0.25, 0.3) is 0 Å². The number of halogens is 2. The molecule has 0 fully saturated rings. The summed E-state index contributed by atoms with van der Waals surface area (Å²) < 4.78 is 0. The van der Waals surface area contributed by atoms with Gasteiger partial charge in [0.2, 0.25) is 0 Å². The van der Waals surface area contributed by atoms with Crippen LogP contribution in [0.5, 0.6) is 0 Å². The topological polar surface area (TPSA) is 0 Å². The van der Waals surface area contributed by atoms with Crippen molar-refractivity contribution in [1.29, 1.82) is 0 Å². The highest BCUT2D eigenvalue weighted by atomic mass is 79.9. The van der Waals surface area contributed by atoms with E-state index in [1.165, 1.54) is 47.3 Å². The van der Waals surface area contributed by atoms with Crippen molar-refractivity contribution in [2.45, 2.75) is 51.6 Å². The molecular weight excluding hydrogens is 284 g/mol. The van der Waals surface area contributed by atoms with Gasteiger partial charge >= 0.3 is 0 Å². The van der Waals surface area contributed by atoms with Crippen LogP contribution in [0, 0.1) is 0 Å². The first-order valence-corrected chi connectivity index (χ1v) is 5.54. The van der Waals surface area contributed by atoms with Crippen LogP contribution in [0.3, 0.4) is 0 Å². The van der Waals surface area contributed by atoms with E-state index in [0.29, 0.717) is 0 Å². The van der Waals surface area contributed by atoms with Crippen molar-refractivity contribution in [3.05, 3.63) is 0 Å². The van der Waals surface area contributed by atoms with Gasteiger partial charge in [0, 0.05) is 9.52 Å². The van der Waals surface area contributed by atoms with Crippen molar-refractivity contribution in [3.8, 4) is 0 Å². The molecule has 0 aromatic heterocycles. The van der Waals surface area contributed by atoms with Gasteiger partial charge in [0.1, 0.15) is 0 Å². The zero-order chi connectivity index (χ0) is 6.95. The molecule has 0 N–H and O–H groups in total. The lowest BCUT2D eigenvalue weighted by molar-refractivity contribution is 0.851. The fourth-order valence-corrected chi connectivity index (χ4v) is 2.19. The third-order valence-electron chi connectivity index (χ3n) is 1.41. The molecule has 0 spiro atoms. The second kappa shape index (κ2) is 17.3. The van der Waals surface area contributed by atoms with Crippen molar-refractivity contribution in [2.24, 2.45) is 0 Å². The van der Waals surface area contributed by atoms with E-state index in [4.69, 9.17) is 0 Å². The number of hydrogen-bond donors (Lipinski definition) is 0. The number of unbranched alkanes of at least 4 members (excludes halogenated alkanes) is 2. The largest absolute Gasteiger partial charge is 0.114 e. The van der Waals surface area contributed by atoms with Crippen LogP contribution in [-0.2, 0) is 0 Å². The van der Waals surface area contributed by atoms with Crippen LogP contribution in [0.1, 0.15) is 39.5 Å². The summed E-state index contributed by atoms with van der Waals surface area (Å²) in [6, 6.07) is 2.97. The van der Waals surface area contributed by atoms with Crippen LogP contribution in [0.4, 0.5) is 0 Å². The van der Waals surface area contributed by atoms with Crippen LogP contribution in [0.15, 0.2) is 0 Å². The van der Waals surface area contributed by atoms with Gasteiger partial charge in [-0.05, 0) is 0 Å². The van der Waals surface area contributed by atoms with E-state index in [0.717, 1.165) is 0 Å². The Bertz CT molecular complexity index is 45.4. The first kappa shape index (κ1) is 18.1. The third-order valence-corrected chi connectivity index (χ3v) is 2.83. The molecule has 70 valence electrons. The van der Waals surface area contributed by atoms with E-state index >= 15 is 0 Å². The molecule has 0 bridgehead atoms. The molecule has 0 heterocycles. The molecule has 0 atom stereocenters. The monoisotopic (exact) mass is 302 g/mol. The van der Waals surface area contributed by atoms with Crippen molar-refractivity contribution in [3.63, 3.8) is 0 Å². The average molecular weight is 304 g/mol. The predicted octanol–water partition coefficient (Wildman–Crippen LogP) is 4.28. The Morgan fingerprint density at radius 2 is 1.18 bits per heavy atom. The molecule has 0 nitrogen and oxygen atoms in total. The van der Waals surface area contributed by atoms with E-state index in [-0.39, 0.29) is 34.0 Å². The summed E-state index contributed by atoms with van der Waals surface area (Å²) in [5.41, 5.74) is 0. The molecule has 0 aliphatic rings. The molecule has 11 heavy (non-hydrogen) atoms. The summed E-state index contributed by atoms with van der Waals surface area (Å²) in [7, 11) is 1.25. The van der Waals surface area contributed by atoms with E-state index < -0.39 is 0 Å². The second-order valence-corrected chi connectivity index (χ2v) is 3.96. The van der Waals surface area contributed by atoms with E-state index in [1.54, 1.807) is 0 Å². The summed E-state index contributed by atoms with van der Waals surface area (Å²) in [5.74, 6) is 0. The number of hydrogen-bond acceptors (Lipinski definition) is 0. The maximum absolute atomic E-state index is 2.27. The highest BCUT2D eigenvalue weighted by Crippen LogP contribution is 1.99. The van der Waals surface area contributed by atoms with E-state index in [1.807, 2.05) is 0 Å². The SMILES string of the molecule is Br.Br.CCCC[Si]CCCC. The fourth-order valence-electron chi connectivity index (χ4n) is 0.729. The molecule has 0 unspecified atom stereocenters. The van der Waals surface area contributed by atoms with Gasteiger partial charge in [-0.15, -0.1) is 34.0 Å². The predicted molar refractivity (Wildman–Crippen MR) is 65.8 cm³/mol. The maximum Gasteiger partial charge on any atom is 0.0377 e. The van der Waals surface area contributed by atoms with E-state index in [9.17, 15) is 0 Å². The van der Waals surface area contributed by atoms with Gasteiger partial charge in [-0.25, -0.2) is 0 Å². The lowest BCUT2D eigenvalue weighted by Gasteiger charge is -1.94. The summed E-state index contributed by atoms with van der Waals surface area (Å²) in [4.78, 5) is 0. The van der Waals surface area contributed by atoms with Crippen molar-refractivity contribution in [2.75, 3.05) is 0 Å². The molecule has 0 amide bonds. The van der Waals surface area contributed by atoms with Crippen LogP contribution >= 0.6 is 34.0 Å². The highest BCUT2D eigenvalue weighted by molar-refractivity contribution is 8.93. The summed E-state index contributed by atoms with van der Waals surface area (Å²) >= 11 is 0. The molecule has 3 heteroatoms. The lowest BCUT2D eigenvalue weighted by atomic mass is 10.4. The van der Waals surface area contributed by atoms with Gasteiger partial charge in [-0.2, -0.15) is 0 Å². The Labute approximate surface area is 94.9 Å². The Morgan fingerprint density at radius 3 is 1.45 bits per heavy atom. The molecule has 0 aliphatic carbocycles. The zero-order valence-corrected chi connectivity index (χ0v) is 12.0. The Balaban J connectivity index is -0.000000320. The summed E-state index contributed by atoms with van der Waals surface area (Å²) in [5, 5.41) is 0. The fraction of sp³-hybridized carbons (Fsp3) is 1.00. The molecule has 0 saturated heterocycles. The maximum atomic E-state index is 2.27. The summed E-state index contributed by atoms with van der Waals surface area (Å²) in [6.07, 6.45) is 5.64. The van der Waals surface area contributed by atoms with Crippen LogP contribution < -0.4 is 0 Å². The summed E-state index contributed by atoms with van der Waals surface area (Å²) in [6.45, 7) is 4.54. The molecule has 0 aromatic carbocycles. The minimum atomic E-state index is 0. The smallest absolute Gasteiger partial charge is 0.0377 e. The third kappa shape index (κ3) is 18.3. The molecule has 0 aromatic rings. The van der Waals surface area contributed by atoms with Crippen molar-refractivity contribution in [1.82, 2.24) is 0 Å². The van der Waals surface area contributed by atoms with Crippen LogP contribution in [0.2, 0.25) is 12.1 Å². The second-order valence-electron chi connectivity index (χ2n) is 2.46. The molecule has 0 rings (SSSR count). The number of rotatable bonds is 6. The standard InChI is InChI=1S/C8H18Si.2BrH/c1-3-5-7-9-8-6-4-2;;/h3-8H2,1-2H3;2*1H. The minimum absolute atomic E-state index is 0. The Hall–Kier alpha value is 1.18. The van der Waals surface area contributed by atoms with Crippen LogP contribution in [0.25, 0.3) is 0 Å². The van der Waals surface area contributed by atoms with Crippen molar-refractivity contribution < 1.29 is 0 Å². The minimum Gasteiger partial charge on any atom is -0.114 e. The van der Waals surface area contributed by atoms with Gasteiger partial charge < -0.3 is 0 Å². The van der Waals surface area contributed by atoms with E-state index in [2.05, 4.69) is 13.8 Å². The van der Waals surface area contributed by atoms with Crippen LogP contribution in [-0.4, -0.2) is 9.52 Å². The normalized spacial score (nSPS) is 8.18. The lowest BCUT2D eigenvalue weighted by Crippen LogP contribution is -1.87. The van der Waals surface area contributed by atoms with Crippen molar-refractivity contribution >= 4 is 43.5 Å². The Kier molecular flexibility index (Phi) is 28.4.